The van der Waals surface area contributed by atoms with Crippen LogP contribution in [-0.4, -0.2) is 52.6 Å². The summed E-state index contributed by atoms with van der Waals surface area (Å²) in [4.78, 5) is 18.0. The zero-order chi connectivity index (χ0) is 13.1. The highest BCUT2D eigenvalue weighted by molar-refractivity contribution is 6.29. The molecule has 0 bridgehead atoms. The maximum atomic E-state index is 11.8. The Balaban J connectivity index is 2.08. The quantitative estimate of drug-likeness (QED) is 0.885. The maximum Gasteiger partial charge on any atom is 0.271 e. The largest absolute Gasteiger partial charge is 0.349 e. The molecule has 1 N–H and O–H groups in total. The average Bonchev–Trinajstić information content (AvgIpc) is 2.71. The van der Waals surface area contributed by atoms with Crippen molar-refractivity contribution in [2.45, 2.75) is 0 Å². The lowest BCUT2D eigenvalue weighted by molar-refractivity contribution is 0.0946. The minimum atomic E-state index is -0.210. The number of aromatic nitrogens is 3. The summed E-state index contributed by atoms with van der Waals surface area (Å²) in [6, 6.07) is 3.35. The van der Waals surface area contributed by atoms with Gasteiger partial charge in [0.25, 0.3) is 5.91 Å². The van der Waals surface area contributed by atoms with Crippen molar-refractivity contribution in [3.05, 3.63) is 29.2 Å². The molecule has 18 heavy (non-hydrogen) atoms. The molecule has 0 aromatic carbocycles. The van der Waals surface area contributed by atoms with Gasteiger partial charge in [-0.25, -0.2) is 9.50 Å². The van der Waals surface area contributed by atoms with Crippen molar-refractivity contribution in [2.24, 2.45) is 0 Å². The van der Waals surface area contributed by atoms with Gasteiger partial charge in [0.15, 0.2) is 5.65 Å². The molecule has 6 nitrogen and oxygen atoms in total. The van der Waals surface area contributed by atoms with E-state index in [4.69, 9.17) is 11.6 Å². The lowest BCUT2D eigenvalue weighted by atomic mass is 10.4. The number of carbonyl (C=O) groups is 1. The number of nitrogens with one attached hydrogen (secondary N) is 1. The summed E-state index contributed by atoms with van der Waals surface area (Å²) in [7, 11) is 3.89. The van der Waals surface area contributed by atoms with Crippen LogP contribution in [0, 0.1) is 0 Å². The zero-order valence-electron chi connectivity index (χ0n) is 10.2. The van der Waals surface area contributed by atoms with Gasteiger partial charge in [0.1, 0.15) is 10.8 Å². The van der Waals surface area contributed by atoms with Gasteiger partial charge in [-0.2, -0.15) is 5.10 Å². The number of halogens is 1. The lowest BCUT2D eigenvalue weighted by Crippen LogP contribution is -2.31. The number of likely N-dealkylation sites (N-methyl/N-ethyl adjacent to an activating group) is 1. The Bertz CT molecular complexity index is 566. The van der Waals surface area contributed by atoms with Gasteiger partial charge in [-0.3, -0.25) is 4.79 Å². The molecule has 2 rings (SSSR count). The molecule has 0 unspecified atom stereocenters. The Morgan fingerprint density at radius 1 is 1.50 bits per heavy atom. The van der Waals surface area contributed by atoms with E-state index in [1.165, 1.54) is 4.52 Å². The Morgan fingerprint density at radius 2 is 2.28 bits per heavy atom. The van der Waals surface area contributed by atoms with Crippen molar-refractivity contribution in [3.63, 3.8) is 0 Å². The molecular formula is C11H14ClN5O. The number of hydrogen-bond acceptors (Lipinski definition) is 4. The second-order valence-corrected chi connectivity index (χ2v) is 4.53. The first-order valence-corrected chi connectivity index (χ1v) is 5.89. The van der Waals surface area contributed by atoms with E-state index in [0.717, 1.165) is 6.54 Å². The Kier molecular flexibility index (Phi) is 3.78. The summed E-state index contributed by atoms with van der Waals surface area (Å²) in [5.74, 6) is -0.210. The van der Waals surface area contributed by atoms with Crippen LogP contribution < -0.4 is 5.32 Å². The minimum absolute atomic E-state index is 0.210. The third-order valence-corrected chi connectivity index (χ3v) is 2.57. The van der Waals surface area contributed by atoms with E-state index in [9.17, 15) is 4.79 Å². The van der Waals surface area contributed by atoms with E-state index in [-0.39, 0.29) is 5.91 Å². The highest BCUT2D eigenvalue weighted by Gasteiger charge is 2.10. The number of nitrogens with zero attached hydrogens (tertiary/aromatic N) is 4. The van der Waals surface area contributed by atoms with Crippen LogP contribution in [-0.2, 0) is 0 Å². The fourth-order valence-electron chi connectivity index (χ4n) is 1.45. The molecule has 1 amide bonds. The van der Waals surface area contributed by atoms with Crippen molar-refractivity contribution in [2.75, 3.05) is 27.2 Å². The summed E-state index contributed by atoms with van der Waals surface area (Å²) >= 11 is 5.76. The van der Waals surface area contributed by atoms with E-state index >= 15 is 0 Å². The van der Waals surface area contributed by atoms with E-state index < -0.39 is 0 Å². The van der Waals surface area contributed by atoms with E-state index in [2.05, 4.69) is 15.4 Å². The maximum absolute atomic E-state index is 11.8. The zero-order valence-corrected chi connectivity index (χ0v) is 11.0. The number of imidazole rings is 1. The second kappa shape index (κ2) is 5.32. The van der Waals surface area contributed by atoms with Crippen LogP contribution in [0.5, 0.6) is 0 Å². The molecule has 0 atom stereocenters. The van der Waals surface area contributed by atoms with E-state index in [0.29, 0.717) is 23.0 Å². The first-order valence-electron chi connectivity index (χ1n) is 5.51. The first-order chi connectivity index (χ1) is 8.56. The molecular weight excluding hydrogens is 254 g/mol. The third-order valence-electron chi connectivity index (χ3n) is 2.36. The first kappa shape index (κ1) is 12.8. The van der Waals surface area contributed by atoms with Crippen LogP contribution >= 0.6 is 11.6 Å². The number of fused-ring (bicyclic) bond motifs is 1. The van der Waals surface area contributed by atoms with Gasteiger partial charge in [0.05, 0.1) is 6.20 Å². The summed E-state index contributed by atoms with van der Waals surface area (Å²) < 4.78 is 1.49. The topological polar surface area (TPSA) is 62.5 Å². The molecule has 7 heteroatoms. The average molecular weight is 268 g/mol. The van der Waals surface area contributed by atoms with E-state index in [1.807, 2.05) is 19.0 Å². The predicted molar refractivity (Wildman–Crippen MR) is 68.9 cm³/mol. The predicted octanol–water partition coefficient (Wildman–Crippen LogP) is 0.674. The molecule has 2 aromatic heterocycles. The summed E-state index contributed by atoms with van der Waals surface area (Å²) in [5.41, 5.74) is 0.931. The lowest BCUT2D eigenvalue weighted by Gasteiger charge is -2.09. The SMILES string of the molecule is CN(C)CCNC(=O)c1cn2nc(Cl)ccc2n1. The van der Waals surface area contributed by atoms with Crippen LogP contribution in [0.4, 0.5) is 0 Å². The Hall–Kier alpha value is -1.66. The number of amides is 1. The Labute approximate surface area is 110 Å². The van der Waals surface area contributed by atoms with Gasteiger partial charge >= 0.3 is 0 Å². The van der Waals surface area contributed by atoms with Gasteiger partial charge < -0.3 is 10.2 Å². The van der Waals surface area contributed by atoms with Crippen LogP contribution in [0.1, 0.15) is 10.5 Å². The van der Waals surface area contributed by atoms with Crippen molar-refractivity contribution < 1.29 is 4.79 Å². The second-order valence-electron chi connectivity index (χ2n) is 4.14. The van der Waals surface area contributed by atoms with Crippen molar-refractivity contribution in [1.82, 2.24) is 24.8 Å². The normalized spacial score (nSPS) is 11.1. The highest BCUT2D eigenvalue weighted by atomic mass is 35.5. The summed E-state index contributed by atoms with van der Waals surface area (Å²) in [5, 5.41) is 7.17. The standard InChI is InChI=1S/C11H14ClN5O/c1-16(2)6-5-13-11(18)8-7-17-10(14-8)4-3-9(12)15-17/h3-4,7H,5-6H2,1-2H3,(H,13,18). The van der Waals surface area contributed by atoms with Crippen LogP contribution in [0.25, 0.3) is 5.65 Å². The monoisotopic (exact) mass is 267 g/mol. The van der Waals surface area contributed by atoms with Gasteiger partial charge in [0.2, 0.25) is 0 Å². The highest BCUT2D eigenvalue weighted by Crippen LogP contribution is 2.07. The van der Waals surface area contributed by atoms with Gasteiger partial charge in [0, 0.05) is 13.1 Å². The molecule has 0 fully saturated rings. The fourth-order valence-corrected chi connectivity index (χ4v) is 1.60. The molecule has 2 aromatic rings. The molecule has 0 aliphatic carbocycles. The molecule has 0 spiro atoms. The summed E-state index contributed by atoms with van der Waals surface area (Å²) in [6.07, 6.45) is 1.56. The molecule has 0 aliphatic heterocycles. The number of hydrogen-bond donors (Lipinski definition) is 1. The third kappa shape index (κ3) is 2.96. The van der Waals surface area contributed by atoms with Crippen LogP contribution in [0.2, 0.25) is 5.15 Å². The smallest absolute Gasteiger partial charge is 0.271 e. The van der Waals surface area contributed by atoms with Crippen molar-refractivity contribution in [3.8, 4) is 0 Å². The molecule has 0 saturated heterocycles. The molecule has 96 valence electrons. The molecule has 2 heterocycles. The van der Waals surface area contributed by atoms with Gasteiger partial charge in [-0.1, -0.05) is 11.6 Å². The summed E-state index contributed by atoms with van der Waals surface area (Å²) in [6.45, 7) is 1.36. The molecule has 0 saturated carbocycles. The van der Waals surface area contributed by atoms with Gasteiger partial charge in [-0.05, 0) is 26.2 Å². The van der Waals surface area contributed by atoms with E-state index in [1.54, 1.807) is 18.3 Å². The van der Waals surface area contributed by atoms with Crippen LogP contribution in [0.3, 0.4) is 0 Å². The molecule has 0 aliphatic rings. The van der Waals surface area contributed by atoms with Crippen LogP contribution in [0.15, 0.2) is 18.3 Å². The fraction of sp³-hybridized carbons (Fsp3) is 0.364. The van der Waals surface area contributed by atoms with Crippen molar-refractivity contribution in [1.29, 1.82) is 0 Å². The minimum Gasteiger partial charge on any atom is -0.349 e. The van der Waals surface area contributed by atoms with Gasteiger partial charge in [-0.15, -0.1) is 0 Å². The van der Waals surface area contributed by atoms with Crippen molar-refractivity contribution >= 4 is 23.2 Å². The number of rotatable bonds is 4. The number of carbonyl (C=O) groups excluding carboxylic acids is 1. The Morgan fingerprint density at radius 3 is 3.00 bits per heavy atom. The molecule has 0 radical (unpaired) electrons.